The molecule has 2 amide bonds. The third-order valence-electron chi connectivity index (χ3n) is 5.76. The number of rotatable bonds is 12. The van der Waals surface area contributed by atoms with E-state index in [0.717, 1.165) is 70.9 Å². The summed E-state index contributed by atoms with van der Waals surface area (Å²) >= 11 is 6.50. The zero-order chi connectivity index (χ0) is 22.8. The highest BCUT2D eigenvalue weighted by Gasteiger charge is 2.27. The highest BCUT2D eigenvalue weighted by atomic mass is 35.5. The fourth-order valence-corrected chi connectivity index (χ4v) is 4.94. The van der Waals surface area contributed by atoms with Gasteiger partial charge in [-0.15, -0.1) is 8.58 Å². The summed E-state index contributed by atoms with van der Waals surface area (Å²) in [7, 11) is 2.87. The van der Waals surface area contributed by atoms with Crippen LogP contribution < -0.4 is 15.5 Å². The van der Waals surface area contributed by atoms with Crippen LogP contribution in [-0.4, -0.2) is 37.9 Å². The lowest BCUT2D eigenvalue weighted by Gasteiger charge is -2.29. The van der Waals surface area contributed by atoms with Gasteiger partial charge in [-0.25, -0.2) is 0 Å². The van der Waals surface area contributed by atoms with Crippen LogP contribution in [-0.2, 0) is 9.59 Å². The fraction of sp³-hybridized carbons (Fsp3) is 0.583. The number of primary amides is 1. The average Bonchev–Trinajstić information content (AvgIpc) is 2.77. The molecular weight excluding hydrogens is 429 g/mol. The van der Waals surface area contributed by atoms with E-state index in [0.29, 0.717) is 35.6 Å². The van der Waals surface area contributed by atoms with Crippen molar-refractivity contribution in [3.05, 3.63) is 34.4 Å². The molecule has 1 aliphatic carbocycles. The predicted octanol–water partition coefficient (Wildman–Crippen LogP) is 5.70. The van der Waals surface area contributed by atoms with E-state index in [1.807, 2.05) is 30.1 Å². The molecule has 0 bridgehead atoms. The van der Waals surface area contributed by atoms with E-state index in [1.165, 1.54) is 0 Å². The van der Waals surface area contributed by atoms with E-state index in [-0.39, 0.29) is 5.91 Å². The molecule has 1 aromatic carbocycles. The van der Waals surface area contributed by atoms with Crippen LogP contribution in [0.1, 0.15) is 65.2 Å². The molecule has 1 aliphatic rings. The molecule has 0 aliphatic heterocycles. The van der Waals surface area contributed by atoms with Gasteiger partial charge in [-0.3, -0.25) is 9.59 Å². The summed E-state index contributed by atoms with van der Waals surface area (Å²) in [6.07, 6.45) is 9.35. The van der Waals surface area contributed by atoms with Gasteiger partial charge in [-0.1, -0.05) is 44.7 Å². The summed E-state index contributed by atoms with van der Waals surface area (Å²) in [5.74, 6) is -0.553. The van der Waals surface area contributed by atoms with Gasteiger partial charge in [0.1, 0.15) is 0 Å². The lowest BCUT2D eigenvalue weighted by Crippen LogP contribution is -2.36. The van der Waals surface area contributed by atoms with E-state index >= 15 is 0 Å². The summed E-state index contributed by atoms with van der Waals surface area (Å²) < 4.78 is 0. The van der Waals surface area contributed by atoms with Crippen LogP contribution in [0.4, 0.5) is 11.4 Å². The van der Waals surface area contributed by atoms with Crippen LogP contribution in [0.2, 0.25) is 5.02 Å². The van der Waals surface area contributed by atoms with Crippen LogP contribution >= 0.6 is 20.2 Å². The van der Waals surface area contributed by atoms with Gasteiger partial charge in [0.15, 0.2) is 0 Å². The molecule has 1 unspecified atom stereocenters. The number of anilines is 2. The van der Waals surface area contributed by atoms with Crippen molar-refractivity contribution >= 4 is 43.4 Å². The third kappa shape index (κ3) is 7.22. The largest absolute Gasteiger partial charge is 0.369 e. The minimum atomic E-state index is -0.467. The van der Waals surface area contributed by atoms with E-state index in [2.05, 4.69) is 18.7 Å². The summed E-state index contributed by atoms with van der Waals surface area (Å²) in [4.78, 5) is 29.6. The Labute approximate surface area is 194 Å². The Morgan fingerprint density at radius 3 is 2.45 bits per heavy atom. The number of benzene rings is 1. The minimum Gasteiger partial charge on any atom is -0.369 e. The Kier molecular flexibility index (Phi) is 10.8. The number of carbonyl (C=O) groups is 2. The Hall–Kier alpha value is -1.58. The highest BCUT2D eigenvalue weighted by molar-refractivity contribution is 7.38. The van der Waals surface area contributed by atoms with Crippen LogP contribution in [0.3, 0.4) is 0 Å². The first-order valence-corrected chi connectivity index (χ1v) is 13.2. The number of hydrogen-bond acceptors (Lipinski definition) is 3. The number of halogens is 1. The molecule has 0 spiro atoms. The summed E-state index contributed by atoms with van der Waals surface area (Å²) in [6.45, 7) is 4.97. The molecule has 0 heterocycles. The molecule has 2 rings (SSSR count). The zero-order valence-corrected chi connectivity index (χ0v) is 20.9. The van der Waals surface area contributed by atoms with Crippen LogP contribution in [0.25, 0.3) is 0 Å². The van der Waals surface area contributed by atoms with Crippen molar-refractivity contribution in [2.24, 2.45) is 5.73 Å². The maximum Gasteiger partial charge on any atom is 0.254 e. The highest BCUT2D eigenvalue weighted by Crippen LogP contribution is 2.34. The third-order valence-corrected chi connectivity index (χ3v) is 7.27. The number of unbranched alkanes of at least 4 members (excludes halogenated alkanes) is 3. The molecule has 0 radical (unpaired) electrons. The van der Waals surface area contributed by atoms with Gasteiger partial charge in [0.05, 0.1) is 10.7 Å². The minimum absolute atomic E-state index is 0.0867. The van der Waals surface area contributed by atoms with E-state index in [1.54, 1.807) is 0 Å². The van der Waals surface area contributed by atoms with Gasteiger partial charge in [-0.2, -0.15) is 0 Å². The molecule has 2 N–H and O–H groups in total. The molecule has 172 valence electrons. The molecular formula is C24H37ClN3O2P. The second-order valence-electron chi connectivity index (χ2n) is 8.14. The smallest absolute Gasteiger partial charge is 0.254 e. The van der Waals surface area contributed by atoms with Gasteiger partial charge in [0.25, 0.3) is 5.91 Å². The lowest BCUT2D eigenvalue weighted by molar-refractivity contribution is -0.117. The van der Waals surface area contributed by atoms with Gasteiger partial charge in [0.2, 0.25) is 5.91 Å². The van der Waals surface area contributed by atoms with Crippen molar-refractivity contribution in [1.82, 2.24) is 0 Å². The zero-order valence-electron chi connectivity index (χ0n) is 19.2. The number of amides is 2. The fourth-order valence-electron chi connectivity index (χ4n) is 3.95. The Morgan fingerprint density at radius 2 is 1.81 bits per heavy atom. The van der Waals surface area contributed by atoms with Gasteiger partial charge < -0.3 is 15.5 Å². The van der Waals surface area contributed by atoms with Crippen LogP contribution in [0, 0.1) is 0 Å². The molecule has 1 aromatic rings. The van der Waals surface area contributed by atoms with E-state index < -0.39 is 5.91 Å². The molecule has 5 nitrogen and oxygen atoms in total. The Morgan fingerprint density at radius 1 is 1.10 bits per heavy atom. The number of nitrogens with two attached hydrogens (primary N) is 1. The molecule has 0 aromatic heterocycles. The predicted molar refractivity (Wildman–Crippen MR) is 135 cm³/mol. The number of nitrogens with zero attached hydrogens (tertiary/aromatic N) is 2. The van der Waals surface area contributed by atoms with E-state index in [9.17, 15) is 9.59 Å². The number of hydrogen-bond donors (Lipinski definition) is 1. The molecule has 1 atom stereocenters. The summed E-state index contributed by atoms with van der Waals surface area (Å²) in [6, 6.07) is 5.79. The second-order valence-corrected chi connectivity index (χ2v) is 10.1. The molecule has 0 saturated heterocycles. The first-order chi connectivity index (χ1) is 14.9. The standard InChI is InChI=1S/C24H37ClN3O2P/c1-4-6-7-10-15-28(24(30)20-12-9-8-11-19(20)23(26)29)18-13-14-21(25)22(16-18)27(3)17-31-5-2/h13-14,16,31H,4-12,15,17H2,1-3H3,(H2,26,29). The van der Waals surface area contributed by atoms with E-state index in [4.69, 9.17) is 17.3 Å². The van der Waals surface area contributed by atoms with Crippen molar-refractivity contribution in [3.63, 3.8) is 0 Å². The molecule has 7 heteroatoms. The molecule has 31 heavy (non-hydrogen) atoms. The molecule has 0 saturated carbocycles. The quantitative estimate of drug-likeness (QED) is 0.318. The first kappa shape index (κ1) is 25.7. The summed E-state index contributed by atoms with van der Waals surface area (Å²) in [5.41, 5.74) is 8.47. The van der Waals surface area contributed by atoms with Crippen molar-refractivity contribution in [3.8, 4) is 0 Å². The van der Waals surface area contributed by atoms with Crippen molar-refractivity contribution < 1.29 is 9.59 Å². The summed E-state index contributed by atoms with van der Waals surface area (Å²) in [5, 5.41) is 0.681. The topological polar surface area (TPSA) is 66.6 Å². The van der Waals surface area contributed by atoms with Gasteiger partial charge >= 0.3 is 0 Å². The van der Waals surface area contributed by atoms with Crippen LogP contribution in [0.5, 0.6) is 0 Å². The van der Waals surface area contributed by atoms with Crippen molar-refractivity contribution in [2.45, 2.75) is 65.2 Å². The Balaban J connectivity index is 2.39. The molecule has 0 fully saturated rings. The SMILES string of the molecule is CCCCCCN(C(=O)C1=C(C(N)=O)CCCC1)c1ccc(Cl)c(N(C)CPCC)c1. The monoisotopic (exact) mass is 465 g/mol. The van der Waals surface area contributed by atoms with Crippen LogP contribution in [0.15, 0.2) is 29.3 Å². The average molecular weight is 466 g/mol. The maximum atomic E-state index is 13.6. The van der Waals surface area contributed by atoms with Gasteiger partial charge in [-0.05, 0) is 56.5 Å². The normalized spacial score (nSPS) is 14.3. The van der Waals surface area contributed by atoms with Crippen molar-refractivity contribution in [2.75, 3.05) is 35.8 Å². The first-order valence-electron chi connectivity index (χ1n) is 11.5. The Bertz CT molecular complexity index is 797. The second kappa shape index (κ2) is 13.1. The van der Waals surface area contributed by atoms with Crippen molar-refractivity contribution in [1.29, 1.82) is 0 Å². The maximum absolute atomic E-state index is 13.6. The van der Waals surface area contributed by atoms with Gasteiger partial charge in [0, 0.05) is 36.7 Å². The lowest BCUT2D eigenvalue weighted by atomic mass is 9.90. The number of carbonyl (C=O) groups excluding carboxylic acids is 2.